The third-order valence-electron chi connectivity index (χ3n) is 17.1. The Hall–Kier alpha value is -0.810. The summed E-state index contributed by atoms with van der Waals surface area (Å²) in [7, 11) is 0. The molecule has 310 valence electrons. The van der Waals surface area contributed by atoms with Gasteiger partial charge in [-0.15, -0.1) is 0 Å². The molecule has 2 saturated heterocycles. The SMILES string of the molecule is CC(C)C(=O)CCC(C)C1C(OC2OCC(O)C(O)C2O)CC2(C)C3CCC4C(C)(C)C(OC5OC(CO)C(O)C(O)C5O)CCC45CC35C(O)CC12C. The topological polar surface area (TPSA) is 216 Å². The number of aliphatic hydroxyl groups is 8. The molecule has 0 radical (unpaired) electrons. The smallest absolute Gasteiger partial charge is 0.186 e. The molecular formula is C41H68O13. The number of hydrogen-bond donors (Lipinski definition) is 8. The minimum atomic E-state index is -1.51. The van der Waals surface area contributed by atoms with Gasteiger partial charge in [0.15, 0.2) is 12.6 Å². The van der Waals surface area contributed by atoms with E-state index in [0.29, 0.717) is 32.1 Å². The predicted molar refractivity (Wildman–Crippen MR) is 193 cm³/mol. The van der Waals surface area contributed by atoms with Gasteiger partial charge in [0.2, 0.25) is 0 Å². The second kappa shape index (κ2) is 14.2. The van der Waals surface area contributed by atoms with E-state index in [9.17, 15) is 45.6 Å². The molecule has 7 rings (SSSR count). The minimum absolute atomic E-state index is 0.0560. The molecule has 13 nitrogen and oxygen atoms in total. The number of rotatable bonds is 10. The average Bonchev–Trinajstić information content (AvgIpc) is 3.75. The Morgan fingerprint density at radius 1 is 0.796 bits per heavy atom. The second-order valence-corrected chi connectivity index (χ2v) is 20.1. The van der Waals surface area contributed by atoms with Crippen molar-refractivity contribution in [3.8, 4) is 0 Å². The number of fused-ring (bicyclic) bond motifs is 2. The first-order chi connectivity index (χ1) is 25.2. The van der Waals surface area contributed by atoms with Gasteiger partial charge in [0.05, 0.1) is 31.5 Å². The maximum Gasteiger partial charge on any atom is 0.186 e. The first-order valence-electron chi connectivity index (χ1n) is 20.7. The lowest BCUT2D eigenvalue weighted by molar-refractivity contribution is -0.327. The Bertz CT molecular complexity index is 1390. The van der Waals surface area contributed by atoms with Gasteiger partial charge in [0, 0.05) is 17.8 Å². The number of carbonyl (C=O) groups is 1. The van der Waals surface area contributed by atoms with Gasteiger partial charge in [-0.2, -0.15) is 0 Å². The zero-order valence-corrected chi connectivity index (χ0v) is 33.2. The van der Waals surface area contributed by atoms with Crippen molar-refractivity contribution in [2.45, 2.75) is 180 Å². The summed E-state index contributed by atoms with van der Waals surface area (Å²) in [6, 6.07) is 0. The molecule has 8 N–H and O–H groups in total. The van der Waals surface area contributed by atoms with Gasteiger partial charge in [-0.05, 0) is 96.7 Å². The quantitative estimate of drug-likeness (QED) is 0.149. The van der Waals surface area contributed by atoms with Gasteiger partial charge >= 0.3 is 0 Å². The molecule has 0 aromatic carbocycles. The summed E-state index contributed by atoms with van der Waals surface area (Å²) in [5, 5.41) is 85.6. The Labute approximate surface area is 319 Å². The lowest BCUT2D eigenvalue weighted by Crippen LogP contribution is -2.63. The molecule has 20 atom stereocenters. The van der Waals surface area contributed by atoms with Crippen LogP contribution in [0.4, 0.5) is 0 Å². The van der Waals surface area contributed by atoms with E-state index in [1.165, 1.54) is 0 Å². The third kappa shape index (κ3) is 5.87. The molecular weight excluding hydrogens is 700 g/mol. The van der Waals surface area contributed by atoms with Gasteiger partial charge in [-0.25, -0.2) is 0 Å². The number of aliphatic hydroxyl groups excluding tert-OH is 8. The Morgan fingerprint density at radius 3 is 2.13 bits per heavy atom. The number of carbonyl (C=O) groups excluding carboxylic acids is 1. The molecule has 5 aliphatic carbocycles. The zero-order valence-electron chi connectivity index (χ0n) is 33.2. The molecule has 54 heavy (non-hydrogen) atoms. The number of ether oxygens (including phenoxy) is 4. The number of Topliss-reactive ketones (excluding diaryl/α,β-unsaturated/α-hetero) is 1. The van der Waals surface area contributed by atoms with E-state index < -0.39 is 68.0 Å². The molecule has 2 heterocycles. The first-order valence-corrected chi connectivity index (χ1v) is 20.7. The summed E-state index contributed by atoms with van der Waals surface area (Å²) in [6.45, 7) is 14.4. The highest BCUT2D eigenvalue weighted by atomic mass is 16.7. The number of hydrogen-bond acceptors (Lipinski definition) is 13. The van der Waals surface area contributed by atoms with Crippen LogP contribution < -0.4 is 0 Å². The van der Waals surface area contributed by atoms with Crippen molar-refractivity contribution in [3.05, 3.63) is 0 Å². The minimum Gasteiger partial charge on any atom is -0.394 e. The van der Waals surface area contributed by atoms with E-state index in [0.717, 1.165) is 25.7 Å². The highest BCUT2D eigenvalue weighted by Crippen LogP contribution is 2.89. The van der Waals surface area contributed by atoms with E-state index in [1.807, 2.05) is 13.8 Å². The summed E-state index contributed by atoms with van der Waals surface area (Å²) in [5.74, 6) is 0.520. The fraction of sp³-hybridized carbons (Fsp3) is 0.976. The largest absolute Gasteiger partial charge is 0.394 e. The van der Waals surface area contributed by atoms with E-state index in [2.05, 4.69) is 34.6 Å². The first kappa shape index (κ1) is 41.4. The van der Waals surface area contributed by atoms with Gasteiger partial charge in [0.1, 0.15) is 48.5 Å². The van der Waals surface area contributed by atoms with Gasteiger partial charge in [-0.3, -0.25) is 4.79 Å². The van der Waals surface area contributed by atoms with Gasteiger partial charge in [-0.1, -0.05) is 48.5 Å². The average molecular weight is 769 g/mol. The van der Waals surface area contributed by atoms with Gasteiger partial charge < -0.3 is 59.8 Å². The van der Waals surface area contributed by atoms with Crippen molar-refractivity contribution < 1.29 is 64.6 Å². The fourth-order valence-corrected chi connectivity index (χ4v) is 14.1. The summed E-state index contributed by atoms with van der Waals surface area (Å²) in [4.78, 5) is 12.8. The molecule has 0 bridgehead atoms. The maximum atomic E-state index is 12.8. The molecule has 20 unspecified atom stereocenters. The van der Waals surface area contributed by atoms with Crippen LogP contribution in [-0.2, 0) is 23.7 Å². The standard InChI is InChI=1S/C41H68O13/c1-19(2)21(43)9-8-20(3)29-23(52-35-33(49)30(46)22(44)17-51-35)14-38(6)26-11-10-25-37(4,5)28(54-36-34(50)32(48)31(47)24(16-42)53-36)12-13-40(25)18-41(26,40)27(45)15-39(29,38)7/h19-20,22-36,42,44-50H,8-18H2,1-7H3. The highest BCUT2D eigenvalue weighted by molar-refractivity contribution is 5.80. The summed E-state index contributed by atoms with van der Waals surface area (Å²) in [5.41, 5.74) is -1.45. The summed E-state index contributed by atoms with van der Waals surface area (Å²) < 4.78 is 24.7. The molecule has 0 aromatic rings. The van der Waals surface area contributed by atoms with E-state index in [4.69, 9.17) is 18.9 Å². The van der Waals surface area contributed by atoms with Crippen LogP contribution in [0.2, 0.25) is 0 Å². The summed E-state index contributed by atoms with van der Waals surface area (Å²) >= 11 is 0. The lowest BCUT2D eigenvalue weighted by atomic mass is 9.41. The normalized spacial score (nSPS) is 54.3. The molecule has 0 aromatic heterocycles. The van der Waals surface area contributed by atoms with Crippen molar-refractivity contribution >= 4 is 5.78 Å². The molecule has 13 heteroatoms. The Morgan fingerprint density at radius 2 is 1.46 bits per heavy atom. The Kier molecular flexibility index (Phi) is 10.9. The third-order valence-corrected chi connectivity index (χ3v) is 17.1. The van der Waals surface area contributed by atoms with Crippen molar-refractivity contribution in [2.24, 2.45) is 56.7 Å². The predicted octanol–water partition coefficient (Wildman–Crippen LogP) is 1.66. The van der Waals surface area contributed by atoms with Crippen LogP contribution in [0.25, 0.3) is 0 Å². The van der Waals surface area contributed by atoms with Crippen molar-refractivity contribution in [3.63, 3.8) is 0 Å². The molecule has 2 aliphatic heterocycles. The van der Waals surface area contributed by atoms with E-state index in [-0.39, 0.29) is 81.3 Å². The van der Waals surface area contributed by atoms with Gasteiger partial charge in [0.25, 0.3) is 0 Å². The molecule has 2 spiro atoms. The van der Waals surface area contributed by atoms with Crippen LogP contribution in [0, 0.1) is 56.7 Å². The van der Waals surface area contributed by atoms with Crippen LogP contribution in [0.5, 0.6) is 0 Å². The van der Waals surface area contributed by atoms with Crippen LogP contribution in [0.15, 0.2) is 0 Å². The lowest BCUT2D eigenvalue weighted by Gasteiger charge is -2.64. The van der Waals surface area contributed by atoms with E-state index in [1.54, 1.807) is 0 Å². The van der Waals surface area contributed by atoms with Crippen LogP contribution in [0.3, 0.4) is 0 Å². The monoisotopic (exact) mass is 768 g/mol. The zero-order chi connectivity index (χ0) is 39.5. The Balaban J connectivity index is 1.16. The van der Waals surface area contributed by atoms with E-state index >= 15 is 0 Å². The molecule has 5 saturated carbocycles. The molecule has 7 aliphatic rings. The van der Waals surface area contributed by atoms with Crippen molar-refractivity contribution in [1.29, 1.82) is 0 Å². The molecule has 7 fully saturated rings. The van der Waals surface area contributed by atoms with Crippen LogP contribution in [0.1, 0.15) is 106 Å². The highest BCUT2D eigenvalue weighted by Gasteiger charge is 2.85. The van der Waals surface area contributed by atoms with Crippen LogP contribution in [-0.4, -0.2) is 133 Å². The van der Waals surface area contributed by atoms with Crippen molar-refractivity contribution in [2.75, 3.05) is 13.2 Å². The number of ketones is 1. The van der Waals surface area contributed by atoms with Crippen LogP contribution >= 0.6 is 0 Å². The molecule has 0 amide bonds. The summed E-state index contributed by atoms with van der Waals surface area (Å²) in [6.07, 6.45) is -6.56. The maximum absolute atomic E-state index is 12.8. The van der Waals surface area contributed by atoms with Crippen molar-refractivity contribution in [1.82, 2.24) is 0 Å². The fourth-order valence-electron chi connectivity index (χ4n) is 14.1. The second-order valence-electron chi connectivity index (χ2n) is 20.1.